The van der Waals surface area contributed by atoms with Crippen molar-refractivity contribution in [1.82, 2.24) is 5.32 Å². The maximum atomic E-state index is 10.9. The lowest BCUT2D eigenvalue weighted by Crippen LogP contribution is -2.30. The Morgan fingerprint density at radius 1 is 1.37 bits per heavy atom. The molecule has 1 heterocycles. The largest absolute Gasteiger partial charge is 0.368 e. The van der Waals surface area contributed by atoms with Crippen LogP contribution in [0.5, 0.6) is 0 Å². The molecule has 0 saturated carbocycles. The number of nitro benzene ring substituents is 1. The highest BCUT2D eigenvalue weighted by atomic mass is 16.6. The first-order valence-electron chi connectivity index (χ1n) is 6.42. The molecular weight excluding hydrogens is 242 g/mol. The van der Waals surface area contributed by atoms with Crippen molar-refractivity contribution in [2.45, 2.75) is 31.7 Å². The van der Waals surface area contributed by atoms with Crippen molar-refractivity contribution >= 4 is 17.6 Å². The van der Waals surface area contributed by atoms with Gasteiger partial charge in [0.05, 0.1) is 16.3 Å². The van der Waals surface area contributed by atoms with Gasteiger partial charge < -0.3 is 5.32 Å². The molecule has 1 saturated heterocycles. The highest BCUT2D eigenvalue weighted by Crippen LogP contribution is 2.20. The first-order valence-corrected chi connectivity index (χ1v) is 6.42. The van der Waals surface area contributed by atoms with Gasteiger partial charge in [-0.1, -0.05) is 30.7 Å². The minimum absolute atomic E-state index is 0.0924. The molecule has 1 aromatic rings. The van der Waals surface area contributed by atoms with Crippen molar-refractivity contribution in [2.75, 3.05) is 0 Å². The highest BCUT2D eigenvalue weighted by molar-refractivity contribution is 5.79. The smallest absolute Gasteiger partial charge is 0.276 e. The van der Waals surface area contributed by atoms with Gasteiger partial charge in [0.25, 0.3) is 5.69 Å². The van der Waals surface area contributed by atoms with E-state index in [2.05, 4.69) is 5.32 Å². The molecule has 1 atom stereocenters. The van der Waals surface area contributed by atoms with E-state index in [1.807, 2.05) is 6.08 Å². The number of para-hydroxylation sites is 1. The summed E-state index contributed by atoms with van der Waals surface area (Å²) in [6.45, 7) is 0. The van der Waals surface area contributed by atoms with Crippen molar-refractivity contribution < 1.29 is 4.92 Å². The van der Waals surface area contributed by atoms with Gasteiger partial charge >= 0.3 is 0 Å². The molecule has 0 radical (unpaired) electrons. The Kier molecular flexibility index (Phi) is 4.28. The second kappa shape index (κ2) is 6.13. The Balaban J connectivity index is 2.13. The van der Waals surface area contributed by atoms with Crippen LogP contribution < -0.4 is 5.32 Å². The number of amidine groups is 1. The van der Waals surface area contributed by atoms with Crippen LogP contribution in [-0.2, 0) is 0 Å². The van der Waals surface area contributed by atoms with E-state index in [1.54, 1.807) is 24.3 Å². The Morgan fingerprint density at radius 2 is 2.16 bits per heavy atom. The van der Waals surface area contributed by atoms with Gasteiger partial charge in [0.2, 0.25) is 0 Å². The lowest BCUT2D eigenvalue weighted by Gasteiger charge is -2.12. The molecular formula is C14H17N3O2. The zero-order valence-electron chi connectivity index (χ0n) is 10.6. The number of hydrogen-bond donors (Lipinski definition) is 2. The zero-order chi connectivity index (χ0) is 13.7. The van der Waals surface area contributed by atoms with Gasteiger partial charge in [-0.3, -0.25) is 15.5 Å². The van der Waals surface area contributed by atoms with E-state index in [0.717, 1.165) is 25.7 Å². The number of rotatable bonds is 3. The summed E-state index contributed by atoms with van der Waals surface area (Å²) in [6.07, 6.45) is 7.54. The summed E-state index contributed by atoms with van der Waals surface area (Å²) in [7, 11) is 0. The molecule has 1 aromatic carbocycles. The van der Waals surface area contributed by atoms with Gasteiger partial charge in [0.15, 0.2) is 0 Å². The highest BCUT2D eigenvalue weighted by Gasteiger charge is 2.13. The molecule has 100 valence electrons. The molecule has 2 rings (SSSR count). The number of nitrogens with one attached hydrogen (secondary N) is 2. The normalized spacial score (nSPS) is 20.0. The summed E-state index contributed by atoms with van der Waals surface area (Å²) in [5, 5.41) is 21.7. The molecule has 5 heteroatoms. The summed E-state index contributed by atoms with van der Waals surface area (Å²) < 4.78 is 0. The molecule has 5 nitrogen and oxygen atoms in total. The third-order valence-corrected chi connectivity index (χ3v) is 3.19. The van der Waals surface area contributed by atoms with E-state index in [9.17, 15) is 10.1 Å². The fraction of sp³-hybridized carbons (Fsp3) is 0.357. The first kappa shape index (κ1) is 13.3. The van der Waals surface area contributed by atoms with Crippen LogP contribution >= 0.6 is 0 Å². The lowest BCUT2D eigenvalue weighted by molar-refractivity contribution is -0.385. The number of nitro groups is 1. The first-order chi connectivity index (χ1) is 9.16. The van der Waals surface area contributed by atoms with Gasteiger partial charge in [-0.25, -0.2) is 0 Å². The summed E-state index contributed by atoms with van der Waals surface area (Å²) in [5.74, 6) is 0.551. The van der Waals surface area contributed by atoms with Crippen LogP contribution in [-0.4, -0.2) is 16.8 Å². The van der Waals surface area contributed by atoms with Crippen LogP contribution in [0.15, 0.2) is 30.3 Å². The van der Waals surface area contributed by atoms with E-state index in [0.29, 0.717) is 11.4 Å². The van der Waals surface area contributed by atoms with E-state index in [-0.39, 0.29) is 16.7 Å². The predicted octanol–water partition coefficient (Wildman–Crippen LogP) is 3.12. The van der Waals surface area contributed by atoms with Crippen molar-refractivity contribution in [2.24, 2.45) is 0 Å². The molecule has 19 heavy (non-hydrogen) atoms. The van der Waals surface area contributed by atoms with E-state index >= 15 is 0 Å². The minimum Gasteiger partial charge on any atom is -0.368 e. The van der Waals surface area contributed by atoms with Gasteiger partial charge in [0.1, 0.15) is 0 Å². The van der Waals surface area contributed by atoms with Gasteiger partial charge in [-0.05, 0) is 18.9 Å². The van der Waals surface area contributed by atoms with Crippen LogP contribution in [0.3, 0.4) is 0 Å². The van der Waals surface area contributed by atoms with E-state index < -0.39 is 0 Å². The van der Waals surface area contributed by atoms with Crippen LogP contribution in [0.4, 0.5) is 5.69 Å². The summed E-state index contributed by atoms with van der Waals surface area (Å²) in [5.41, 5.74) is 0.715. The van der Waals surface area contributed by atoms with E-state index in [4.69, 9.17) is 5.41 Å². The molecule has 0 amide bonds. The molecule has 1 fully saturated rings. The van der Waals surface area contributed by atoms with Crippen molar-refractivity contribution in [3.05, 3.63) is 46.0 Å². The molecule has 1 aliphatic rings. The Hall–Kier alpha value is -2.17. The standard InChI is InChI=1S/C14H17N3O2/c15-14-8-4-2-6-12(16-14)10-9-11-5-1-3-7-13(11)17(18)19/h1,3,5,7,9-10,12H,2,4,6,8H2,(H2,15,16)/b10-9+. The van der Waals surface area contributed by atoms with Crippen LogP contribution in [0, 0.1) is 15.5 Å². The molecule has 0 bridgehead atoms. The molecule has 0 spiro atoms. The van der Waals surface area contributed by atoms with Crippen LogP contribution in [0.1, 0.15) is 31.2 Å². The molecule has 1 aliphatic heterocycles. The molecule has 0 aliphatic carbocycles. The zero-order valence-corrected chi connectivity index (χ0v) is 10.6. The fourth-order valence-electron chi connectivity index (χ4n) is 2.19. The average molecular weight is 259 g/mol. The Bertz CT molecular complexity index is 511. The maximum absolute atomic E-state index is 10.9. The fourth-order valence-corrected chi connectivity index (χ4v) is 2.19. The van der Waals surface area contributed by atoms with Crippen molar-refractivity contribution in [3.8, 4) is 0 Å². The van der Waals surface area contributed by atoms with Gasteiger partial charge in [-0.2, -0.15) is 0 Å². The van der Waals surface area contributed by atoms with Crippen molar-refractivity contribution in [1.29, 1.82) is 5.41 Å². The van der Waals surface area contributed by atoms with Crippen molar-refractivity contribution in [3.63, 3.8) is 0 Å². The SMILES string of the molecule is N=C1CCCCC(/C=C/c2ccccc2[N+](=O)[O-])N1. The Labute approximate surface area is 112 Å². The predicted molar refractivity (Wildman–Crippen MR) is 75.2 cm³/mol. The van der Waals surface area contributed by atoms with Crippen LogP contribution in [0.2, 0.25) is 0 Å². The summed E-state index contributed by atoms with van der Waals surface area (Å²) in [6, 6.07) is 6.78. The second-order valence-electron chi connectivity index (χ2n) is 4.65. The minimum atomic E-state index is -0.373. The monoisotopic (exact) mass is 259 g/mol. The average Bonchev–Trinajstić information content (AvgIpc) is 2.61. The molecule has 1 unspecified atom stereocenters. The Morgan fingerprint density at radius 3 is 2.95 bits per heavy atom. The molecule has 2 N–H and O–H groups in total. The number of benzene rings is 1. The van der Waals surface area contributed by atoms with E-state index in [1.165, 1.54) is 6.07 Å². The third-order valence-electron chi connectivity index (χ3n) is 3.19. The lowest BCUT2D eigenvalue weighted by atomic mass is 10.1. The second-order valence-corrected chi connectivity index (χ2v) is 4.65. The van der Waals surface area contributed by atoms with Gasteiger partial charge in [-0.15, -0.1) is 0 Å². The summed E-state index contributed by atoms with van der Waals surface area (Å²) in [4.78, 5) is 10.5. The van der Waals surface area contributed by atoms with Gasteiger partial charge in [0, 0.05) is 18.5 Å². The third kappa shape index (κ3) is 3.64. The maximum Gasteiger partial charge on any atom is 0.276 e. The quantitative estimate of drug-likeness (QED) is 0.646. The molecule has 0 aromatic heterocycles. The summed E-state index contributed by atoms with van der Waals surface area (Å²) >= 11 is 0. The van der Waals surface area contributed by atoms with Crippen LogP contribution in [0.25, 0.3) is 6.08 Å². The number of hydrogen-bond acceptors (Lipinski definition) is 3. The number of nitrogens with zero attached hydrogens (tertiary/aromatic N) is 1. The topological polar surface area (TPSA) is 79.0 Å².